The number of rotatable bonds is 4. The van der Waals surface area contributed by atoms with Crippen molar-refractivity contribution in [1.82, 2.24) is 29.5 Å². The fraction of sp³-hybridized carbons (Fsp3) is 0.227. The number of hydrogen-bond acceptors (Lipinski definition) is 6. The van der Waals surface area contributed by atoms with Crippen LogP contribution in [0.5, 0.6) is 5.75 Å². The summed E-state index contributed by atoms with van der Waals surface area (Å²) >= 11 is 0. The Hall–Kier alpha value is -4.01. The molecule has 0 radical (unpaired) electrons. The molecule has 0 saturated carbocycles. The minimum Gasteiger partial charge on any atom is -0.495 e. The summed E-state index contributed by atoms with van der Waals surface area (Å²) in [6, 6.07) is 9.22. The van der Waals surface area contributed by atoms with Crippen LogP contribution in [0.1, 0.15) is 23.7 Å². The molecular formula is C22H21N7O2. The molecule has 0 spiro atoms. The number of benzene rings is 1. The first kappa shape index (κ1) is 19.0. The molecule has 0 bridgehead atoms. The summed E-state index contributed by atoms with van der Waals surface area (Å²) in [5.74, 6) is 1.17. The molecule has 156 valence electrons. The molecule has 9 nitrogen and oxygen atoms in total. The Morgan fingerprint density at radius 1 is 1.19 bits per heavy atom. The van der Waals surface area contributed by atoms with Gasteiger partial charge in [0, 0.05) is 18.0 Å². The Morgan fingerprint density at radius 3 is 2.90 bits per heavy atom. The predicted molar refractivity (Wildman–Crippen MR) is 114 cm³/mol. The monoisotopic (exact) mass is 415 g/mol. The van der Waals surface area contributed by atoms with Gasteiger partial charge in [-0.2, -0.15) is 0 Å². The van der Waals surface area contributed by atoms with E-state index in [1.54, 1.807) is 30.5 Å². The number of anilines is 1. The molecule has 1 aliphatic heterocycles. The highest BCUT2D eigenvalue weighted by Gasteiger charge is 2.27. The molecule has 9 heteroatoms. The Bertz CT molecular complexity index is 1260. The Kier molecular flexibility index (Phi) is 4.70. The molecule has 31 heavy (non-hydrogen) atoms. The smallest absolute Gasteiger partial charge is 0.250 e. The zero-order valence-electron chi connectivity index (χ0n) is 17.2. The minimum absolute atomic E-state index is 0.141. The highest BCUT2D eigenvalue weighted by molar-refractivity contribution is 5.94. The van der Waals surface area contributed by atoms with E-state index in [1.165, 1.54) is 0 Å². The number of carbonyl (C=O) groups excluding carboxylic acids is 1. The van der Waals surface area contributed by atoms with Crippen molar-refractivity contribution in [3.05, 3.63) is 66.5 Å². The lowest BCUT2D eigenvalue weighted by Crippen LogP contribution is -2.25. The van der Waals surface area contributed by atoms with Crippen molar-refractivity contribution >= 4 is 11.7 Å². The second kappa shape index (κ2) is 7.67. The van der Waals surface area contributed by atoms with Crippen LogP contribution >= 0.6 is 0 Å². The van der Waals surface area contributed by atoms with E-state index in [0.29, 0.717) is 23.7 Å². The fourth-order valence-corrected chi connectivity index (χ4v) is 3.79. The zero-order chi connectivity index (χ0) is 21.4. The number of pyridine rings is 1. The molecule has 1 aromatic carbocycles. The number of ether oxygens (including phenoxy) is 1. The summed E-state index contributed by atoms with van der Waals surface area (Å²) < 4.78 is 9.12. The van der Waals surface area contributed by atoms with Crippen molar-refractivity contribution in [2.75, 3.05) is 12.4 Å². The standard InChI is InChI=1S/C22H21N7O2/c1-14-11-28(13-24-14)18-7-6-16(10-20(18)31-2)17-12-29(27-26-17)19-8-5-15-4-3-9-23-21(15)25-22(19)30/h3-4,6-7,9-13,19H,5,8H2,1-2H3,(H,23,25,30). The summed E-state index contributed by atoms with van der Waals surface area (Å²) in [5, 5.41) is 11.4. The minimum atomic E-state index is -0.453. The molecule has 4 heterocycles. The number of amides is 1. The zero-order valence-corrected chi connectivity index (χ0v) is 17.2. The van der Waals surface area contributed by atoms with Crippen LogP contribution in [0.4, 0.5) is 5.82 Å². The number of nitrogens with zero attached hydrogens (tertiary/aromatic N) is 6. The van der Waals surface area contributed by atoms with Crippen LogP contribution in [0.25, 0.3) is 16.9 Å². The Labute approximate surface area is 178 Å². The van der Waals surface area contributed by atoms with E-state index in [9.17, 15) is 4.79 Å². The molecule has 4 aromatic rings. The molecule has 0 fully saturated rings. The van der Waals surface area contributed by atoms with Gasteiger partial charge in [0.05, 0.1) is 31.0 Å². The largest absolute Gasteiger partial charge is 0.495 e. The maximum Gasteiger partial charge on any atom is 0.250 e. The number of aryl methyl sites for hydroxylation is 2. The lowest BCUT2D eigenvalue weighted by atomic mass is 10.1. The van der Waals surface area contributed by atoms with Crippen LogP contribution in [0, 0.1) is 6.92 Å². The van der Waals surface area contributed by atoms with Crippen molar-refractivity contribution < 1.29 is 9.53 Å². The van der Waals surface area contributed by atoms with Crippen molar-refractivity contribution in [2.24, 2.45) is 0 Å². The summed E-state index contributed by atoms with van der Waals surface area (Å²) in [6.07, 6.45) is 8.51. The average Bonchev–Trinajstić information content (AvgIpc) is 3.40. The van der Waals surface area contributed by atoms with Gasteiger partial charge in [0.2, 0.25) is 5.91 Å². The number of aromatic nitrogens is 6. The van der Waals surface area contributed by atoms with Crippen LogP contribution in [0.2, 0.25) is 0 Å². The quantitative estimate of drug-likeness (QED) is 0.550. The molecule has 1 aliphatic rings. The van der Waals surface area contributed by atoms with Crippen molar-refractivity contribution in [3.8, 4) is 22.7 Å². The molecule has 0 aliphatic carbocycles. The number of hydrogen-bond donors (Lipinski definition) is 1. The van der Waals surface area contributed by atoms with E-state index >= 15 is 0 Å². The molecule has 1 unspecified atom stereocenters. The Morgan fingerprint density at radius 2 is 2.10 bits per heavy atom. The first-order valence-electron chi connectivity index (χ1n) is 9.98. The van der Waals surface area contributed by atoms with Gasteiger partial charge in [-0.05, 0) is 43.5 Å². The summed E-state index contributed by atoms with van der Waals surface area (Å²) in [5.41, 5.74) is 4.34. The van der Waals surface area contributed by atoms with E-state index in [4.69, 9.17) is 4.74 Å². The van der Waals surface area contributed by atoms with Gasteiger partial charge < -0.3 is 14.6 Å². The first-order valence-corrected chi connectivity index (χ1v) is 9.98. The lowest BCUT2D eigenvalue weighted by molar-refractivity contribution is -0.119. The molecule has 1 atom stereocenters. The van der Waals surface area contributed by atoms with E-state index in [-0.39, 0.29) is 5.91 Å². The summed E-state index contributed by atoms with van der Waals surface area (Å²) in [7, 11) is 1.63. The maximum atomic E-state index is 12.8. The molecule has 3 aromatic heterocycles. The van der Waals surface area contributed by atoms with Gasteiger partial charge in [0.25, 0.3) is 0 Å². The summed E-state index contributed by atoms with van der Waals surface area (Å²) in [6.45, 7) is 1.94. The predicted octanol–water partition coefficient (Wildman–Crippen LogP) is 2.97. The SMILES string of the molecule is COc1cc(-c2cn(C3CCc4cccnc4NC3=O)nn2)ccc1-n1cnc(C)c1. The molecule has 1 N–H and O–H groups in total. The molecule has 1 amide bonds. The van der Waals surface area contributed by atoms with Gasteiger partial charge in [0.15, 0.2) is 0 Å². The second-order valence-electron chi connectivity index (χ2n) is 7.45. The second-order valence-corrected chi connectivity index (χ2v) is 7.45. The molecular weight excluding hydrogens is 394 g/mol. The maximum absolute atomic E-state index is 12.8. The number of nitrogens with one attached hydrogen (secondary N) is 1. The van der Waals surface area contributed by atoms with Gasteiger partial charge in [-0.1, -0.05) is 17.3 Å². The van der Waals surface area contributed by atoms with Crippen molar-refractivity contribution in [3.63, 3.8) is 0 Å². The fourth-order valence-electron chi connectivity index (χ4n) is 3.79. The van der Waals surface area contributed by atoms with Crippen LogP contribution < -0.4 is 10.1 Å². The third-order valence-electron chi connectivity index (χ3n) is 5.42. The highest BCUT2D eigenvalue weighted by atomic mass is 16.5. The molecule has 0 saturated heterocycles. The number of fused-ring (bicyclic) bond motifs is 1. The number of carbonyl (C=O) groups is 1. The van der Waals surface area contributed by atoms with E-state index in [0.717, 1.165) is 28.9 Å². The third kappa shape index (κ3) is 3.54. The van der Waals surface area contributed by atoms with Gasteiger partial charge >= 0.3 is 0 Å². The Balaban J connectivity index is 1.42. The lowest BCUT2D eigenvalue weighted by Gasteiger charge is -2.12. The van der Waals surface area contributed by atoms with Gasteiger partial charge in [-0.15, -0.1) is 5.10 Å². The van der Waals surface area contributed by atoms with E-state index in [1.807, 2.05) is 48.0 Å². The van der Waals surface area contributed by atoms with Crippen molar-refractivity contribution in [2.45, 2.75) is 25.8 Å². The van der Waals surface area contributed by atoms with Crippen LogP contribution in [0.15, 0.2) is 55.2 Å². The van der Waals surface area contributed by atoms with Crippen molar-refractivity contribution in [1.29, 1.82) is 0 Å². The highest BCUT2D eigenvalue weighted by Crippen LogP contribution is 2.30. The van der Waals surface area contributed by atoms with Crippen LogP contribution in [-0.2, 0) is 11.2 Å². The third-order valence-corrected chi connectivity index (χ3v) is 5.42. The van der Waals surface area contributed by atoms with Crippen LogP contribution in [-0.4, -0.2) is 42.5 Å². The first-order chi connectivity index (χ1) is 15.1. The molecule has 5 rings (SSSR count). The van der Waals surface area contributed by atoms with Crippen LogP contribution in [0.3, 0.4) is 0 Å². The van der Waals surface area contributed by atoms with Gasteiger partial charge in [-0.3, -0.25) is 4.79 Å². The normalized spacial score (nSPS) is 15.8. The number of imidazole rings is 1. The topological polar surface area (TPSA) is 99.7 Å². The van der Waals surface area contributed by atoms with E-state index < -0.39 is 6.04 Å². The van der Waals surface area contributed by atoms with Gasteiger partial charge in [-0.25, -0.2) is 14.6 Å². The average molecular weight is 415 g/mol. The van der Waals surface area contributed by atoms with E-state index in [2.05, 4.69) is 25.6 Å². The summed E-state index contributed by atoms with van der Waals surface area (Å²) in [4.78, 5) is 21.3. The number of methoxy groups -OCH3 is 1. The van der Waals surface area contributed by atoms with Gasteiger partial charge in [0.1, 0.15) is 23.3 Å².